The number of ether oxygens (including phenoxy) is 1. The maximum absolute atomic E-state index is 5.50. The van der Waals surface area contributed by atoms with Crippen molar-refractivity contribution in [3.05, 3.63) is 48.3 Å². The fourth-order valence-corrected chi connectivity index (χ4v) is 2.62. The molecule has 0 radical (unpaired) electrons. The first kappa shape index (κ1) is 13.2. The molecule has 1 aliphatic heterocycles. The first-order valence-electron chi connectivity index (χ1n) is 7.31. The average molecular weight is 271 g/mol. The van der Waals surface area contributed by atoms with Gasteiger partial charge >= 0.3 is 0 Å². The highest BCUT2D eigenvalue weighted by Gasteiger charge is 2.12. The van der Waals surface area contributed by atoms with Crippen molar-refractivity contribution >= 4 is 5.69 Å². The minimum absolute atomic E-state index is 0.525. The Bertz CT molecular complexity index is 516. The third kappa shape index (κ3) is 3.61. The van der Waals surface area contributed by atoms with Gasteiger partial charge in [0.1, 0.15) is 0 Å². The highest BCUT2D eigenvalue weighted by atomic mass is 16.5. The molecule has 1 fully saturated rings. The van der Waals surface area contributed by atoms with Crippen LogP contribution in [0.3, 0.4) is 0 Å². The molecule has 2 heterocycles. The molecule has 3 rings (SSSR count). The summed E-state index contributed by atoms with van der Waals surface area (Å²) >= 11 is 0. The predicted octanol–water partition coefficient (Wildman–Crippen LogP) is 2.91. The van der Waals surface area contributed by atoms with E-state index in [1.54, 1.807) is 0 Å². The molecule has 1 atom stereocenters. The van der Waals surface area contributed by atoms with E-state index in [0.717, 1.165) is 32.6 Å². The van der Waals surface area contributed by atoms with E-state index in [1.807, 2.05) is 23.1 Å². The number of nitrogens with zero attached hydrogens (tertiary/aromatic N) is 2. The van der Waals surface area contributed by atoms with Crippen LogP contribution >= 0.6 is 0 Å². The summed E-state index contributed by atoms with van der Waals surface area (Å²) in [5, 5.41) is 7.88. The van der Waals surface area contributed by atoms with Gasteiger partial charge in [0.15, 0.2) is 0 Å². The molecular formula is C16H21N3O. The first-order valence-corrected chi connectivity index (χ1v) is 7.31. The fourth-order valence-electron chi connectivity index (χ4n) is 2.62. The summed E-state index contributed by atoms with van der Waals surface area (Å²) in [5.74, 6) is 0. The Balaban J connectivity index is 1.64. The molecule has 1 aromatic carbocycles. The largest absolute Gasteiger partial charge is 0.382 e. The van der Waals surface area contributed by atoms with Crippen LogP contribution in [0.1, 0.15) is 24.8 Å². The normalized spacial score (nSPS) is 19.5. The van der Waals surface area contributed by atoms with Gasteiger partial charge in [0, 0.05) is 37.3 Å². The monoisotopic (exact) mass is 271 g/mol. The molecule has 0 spiro atoms. The van der Waals surface area contributed by atoms with E-state index >= 15 is 0 Å². The van der Waals surface area contributed by atoms with Crippen molar-refractivity contribution in [2.24, 2.45) is 0 Å². The van der Waals surface area contributed by atoms with Crippen LogP contribution in [0.25, 0.3) is 0 Å². The van der Waals surface area contributed by atoms with Gasteiger partial charge in [-0.1, -0.05) is 12.1 Å². The molecular weight excluding hydrogens is 250 g/mol. The van der Waals surface area contributed by atoms with Crippen LogP contribution in [-0.4, -0.2) is 29.0 Å². The summed E-state index contributed by atoms with van der Waals surface area (Å²) in [4.78, 5) is 0. The first-order chi connectivity index (χ1) is 9.90. The van der Waals surface area contributed by atoms with Gasteiger partial charge in [-0.3, -0.25) is 4.68 Å². The molecule has 1 N–H and O–H groups in total. The summed E-state index contributed by atoms with van der Waals surface area (Å²) in [6.07, 6.45) is 7.22. The number of aromatic nitrogens is 2. The van der Waals surface area contributed by atoms with Gasteiger partial charge in [0.25, 0.3) is 0 Å². The zero-order valence-corrected chi connectivity index (χ0v) is 11.7. The molecule has 1 unspecified atom stereocenters. The van der Waals surface area contributed by atoms with Gasteiger partial charge in [-0.2, -0.15) is 5.10 Å². The number of rotatable bonds is 4. The Kier molecular flexibility index (Phi) is 4.33. The highest BCUT2D eigenvalue weighted by molar-refractivity contribution is 5.46. The lowest BCUT2D eigenvalue weighted by atomic mass is 10.1. The molecule has 0 aliphatic carbocycles. The third-order valence-corrected chi connectivity index (χ3v) is 3.65. The Morgan fingerprint density at radius 1 is 1.25 bits per heavy atom. The summed E-state index contributed by atoms with van der Waals surface area (Å²) in [5.41, 5.74) is 2.46. The van der Waals surface area contributed by atoms with Crippen molar-refractivity contribution < 1.29 is 4.74 Å². The van der Waals surface area contributed by atoms with Crippen molar-refractivity contribution in [3.8, 4) is 0 Å². The minimum atomic E-state index is 0.525. The van der Waals surface area contributed by atoms with Crippen LogP contribution in [-0.2, 0) is 11.3 Å². The van der Waals surface area contributed by atoms with E-state index in [4.69, 9.17) is 4.74 Å². The summed E-state index contributed by atoms with van der Waals surface area (Å²) in [6, 6.07) is 11.1. The van der Waals surface area contributed by atoms with Crippen molar-refractivity contribution in [1.29, 1.82) is 0 Å². The maximum atomic E-state index is 5.50. The molecule has 1 saturated heterocycles. The van der Waals surface area contributed by atoms with E-state index in [2.05, 4.69) is 34.7 Å². The van der Waals surface area contributed by atoms with Gasteiger partial charge in [0.05, 0.1) is 6.54 Å². The molecule has 0 bridgehead atoms. The molecule has 4 heteroatoms. The molecule has 2 aromatic rings. The molecule has 0 amide bonds. The third-order valence-electron chi connectivity index (χ3n) is 3.65. The van der Waals surface area contributed by atoms with E-state index in [-0.39, 0.29) is 0 Å². The van der Waals surface area contributed by atoms with Crippen LogP contribution in [0, 0.1) is 0 Å². The quantitative estimate of drug-likeness (QED) is 0.929. The van der Waals surface area contributed by atoms with Crippen molar-refractivity contribution in [1.82, 2.24) is 9.78 Å². The van der Waals surface area contributed by atoms with Gasteiger partial charge in [-0.05, 0) is 43.0 Å². The minimum Gasteiger partial charge on any atom is -0.382 e. The van der Waals surface area contributed by atoms with Crippen molar-refractivity contribution in [2.75, 3.05) is 18.5 Å². The molecule has 4 nitrogen and oxygen atoms in total. The second kappa shape index (κ2) is 6.57. The van der Waals surface area contributed by atoms with E-state index in [9.17, 15) is 0 Å². The fraction of sp³-hybridized carbons (Fsp3) is 0.438. The molecule has 1 aliphatic rings. The number of benzene rings is 1. The van der Waals surface area contributed by atoms with Gasteiger partial charge in [-0.25, -0.2) is 0 Å². The number of hydrogen-bond donors (Lipinski definition) is 1. The molecule has 20 heavy (non-hydrogen) atoms. The van der Waals surface area contributed by atoms with Gasteiger partial charge in [-0.15, -0.1) is 0 Å². The van der Waals surface area contributed by atoms with Crippen LogP contribution < -0.4 is 5.32 Å². The number of anilines is 1. The molecule has 1 aromatic heterocycles. The van der Waals surface area contributed by atoms with Crippen LogP contribution in [0.4, 0.5) is 5.69 Å². The summed E-state index contributed by atoms with van der Waals surface area (Å²) in [6.45, 7) is 2.58. The van der Waals surface area contributed by atoms with Crippen molar-refractivity contribution in [2.45, 2.75) is 31.8 Å². The number of nitrogens with one attached hydrogen (secondary N) is 1. The lowest BCUT2D eigenvalue weighted by Crippen LogP contribution is -2.19. The predicted molar refractivity (Wildman–Crippen MR) is 79.9 cm³/mol. The number of hydrogen-bond acceptors (Lipinski definition) is 3. The Morgan fingerprint density at radius 3 is 3.15 bits per heavy atom. The molecule has 0 saturated carbocycles. The van der Waals surface area contributed by atoms with Crippen molar-refractivity contribution in [3.63, 3.8) is 0 Å². The Morgan fingerprint density at radius 2 is 2.25 bits per heavy atom. The highest BCUT2D eigenvalue weighted by Crippen LogP contribution is 2.17. The lowest BCUT2D eigenvalue weighted by molar-refractivity contribution is 0.144. The Hall–Kier alpha value is -1.81. The second-order valence-corrected chi connectivity index (χ2v) is 5.29. The van der Waals surface area contributed by atoms with E-state index in [0.29, 0.717) is 6.04 Å². The SMILES string of the molecule is c1cc(Cn2cccn2)cc(NC2CCCOCC2)c1. The Labute approximate surface area is 119 Å². The standard InChI is InChI=1S/C16H21N3O/c1-4-14(13-19-9-3-8-17-19)12-16(5-1)18-15-6-2-10-20-11-7-15/h1,3-5,8-9,12,15,18H,2,6-7,10-11,13H2. The zero-order chi connectivity index (χ0) is 13.6. The van der Waals surface area contributed by atoms with E-state index < -0.39 is 0 Å². The maximum Gasteiger partial charge on any atom is 0.0660 e. The molecule has 106 valence electrons. The van der Waals surface area contributed by atoms with E-state index in [1.165, 1.54) is 17.7 Å². The zero-order valence-electron chi connectivity index (χ0n) is 11.7. The van der Waals surface area contributed by atoms with Gasteiger partial charge in [0.2, 0.25) is 0 Å². The lowest BCUT2D eigenvalue weighted by Gasteiger charge is -2.17. The second-order valence-electron chi connectivity index (χ2n) is 5.29. The van der Waals surface area contributed by atoms with Crippen LogP contribution in [0.15, 0.2) is 42.7 Å². The van der Waals surface area contributed by atoms with Crippen LogP contribution in [0.5, 0.6) is 0 Å². The van der Waals surface area contributed by atoms with Gasteiger partial charge < -0.3 is 10.1 Å². The topological polar surface area (TPSA) is 39.1 Å². The smallest absolute Gasteiger partial charge is 0.0660 e. The van der Waals surface area contributed by atoms with Crippen LogP contribution in [0.2, 0.25) is 0 Å². The summed E-state index contributed by atoms with van der Waals surface area (Å²) < 4.78 is 7.45. The summed E-state index contributed by atoms with van der Waals surface area (Å²) in [7, 11) is 0. The average Bonchev–Trinajstić information content (AvgIpc) is 2.82.